The lowest BCUT2D eigenvalue weighted by molar-refractivity contribution is 0.154. The molecule has 0 unspecified atom stereocenters. The molecular weight excluding hydrogens is 196 g/mol. The third kappa shape index (κ3) is 3.04. The van der Waals surface area contributed by atoms with E-state index in [1.54, 1.807) is 17.5 Å². The highest BCUT2D eigenvalue weighted by Gasteiger charge is 2.22. The average molecular weight is 214 g/mol. The zero-order chi connectivity index (χ0) is 10.6. The van der Waals surface area contributed by atoms with Gasteiger partial charge in [-0.25, -0.2) is 4.98 Å². The van der Waals surface area contributed by atoms with Gasteiger partial charge in [0.15, 0.2) is 0 Å². The Morgan fingerprint density at radius 2 is 2.36 bits per heavy atom. The number of aromatic nitrogens is 1. The molecule has 1 atom stereocenters. The maximum atomic E-state index is 9.44. The van der Waals surface area contributed by atoms with Gasteiger partial charge in [-0.1, -0.05) is 6.92 Å². The van der Waals surface area contributed by atoms with E-state index in [0.717, 1.165) is 11.4 Å². The van der Waals surface area contributed by atoms with E-state index in [1.165, 1.54) is 0 Å². The molecule has 0 saturated heterocycles. The van der Waals surface area contributed by atoms with E-state index in [-0.39, 0.29) is 11.6 Å². The Hall–Kier alpha value is -0.450. The third-order valence-electron chi connectivity index (χ3n) is 2.22. The summed E-state index contributed by atoms with van der Waals surface area (Å²) in [5, 5.41) is 15.8. The van der Waals surface area contributed by atoms with Crippen molar-refractivity contribution in [3.05, 3.63) is 16.6 Å². The minimum atomic E-state index is -0.269. The van der Waals surface area contributed by atoms with Gasteiger partial charge < -0.3 is 10.4 Å². The number of rotatable bonds is 5. The normalized spacial score (nSPS) is 14.3. The fourth-order valence-corrected chi connectivity index (χ4v) is 1.86. The number of thiazole rings is 1. The summed E-state index contributed by atoms with van der Waals surface area (Å²) in [5.74, 6) is 0. The molecule has 0 aliphatic heterocycles. The molecule has 0 spiro atoms. The number of hydrogen-bond acceptors (Lipinski definition) is 4. The predicted octanol–water partition coefficient (Wildman–Crippen LogP) is 1.74. The fourth-order valence-electron chi connectivity index (χ4n) is 1.13. The number of aliphatic hydroxyl groups is 1. The summed E-state index contributed by atoms with van der Waals surface area (Å²) in [7, 11) is 0. The molecule has 2 N–H and O–H groups in total. The fraction of sp³-hybridized carbons (Fsp3) is 0.700. The van der Waals surface area contributed by atoms with Crippen LogP contribution < -0.4 is 5.32 Å². The predicted molar refractivity (Wildman–Crippen MR) is 59.4 cm³/mol. The molecule has 1 aromatic rings. The lowest BCUT2D eigenvalue weighted by atomic mass is 10.1. The van der Waals surface area contributed by atoms with Gasteiger partial charge in [0.05, 0.1) is 11.6 Å². The Kier molecular flexibility index (Phi) is 4.04. The standard InChI is InChI=1S/C10H18N2OS/c1-4-8(13)7-12-10(2,3)9-11-5-6-14-9/h5-6,8,12-13H,4,7H2,1-3H3/t8-/m1/s1. The molecule has 1 rings (SSSR count). The van der Waals surface area contributed by atoms with Gasteiger partial charge in [-0.3, -0.25) is 0 Å². The molecule has 0 fully saturated rings. The zero-order valence-corrected chi connectivity index (χ0v) is 9.77. The maximum Gasteiger partial charge on any atom is 0.112 e. The van der Waals surface area contributed by atoms with Gasteiger partial charge in [0, 0.05) is 18.1 Å². The van der Waals surface area contributed by atoms with Crippen molar-refractivity contribution in [3.63, 3.8) is 0 Å². The monoisotopic (exact) mass is 214 g/mol. The van der Waals surface area contributed by atoms with Gasteiger partial charge in [-0.05, 0) is 20.3 Å². The van der Waals surface area contributed by atoms with Gasteiger partial charge in [-0.2, -0.15) is 0 Å². The third-order valence-corrected chi connectivity index (χ3v) is 3.31. The van der Waals surface area contributed by atoms with E-state index in [2.05, 4.69) is 24.1 Å². The largest absolute Gasteiger partial charge is 0.392 e. The Morgan fingerprint density at radius 3 is 2.86 bits per heavy atom. The molecule has 0 aliphatic rings. The molecule has 0 aromatic carbocycles. The van der Waals surface area contributed by atoms with Crippen molar-refractivity contribution in [2.45, 2.75) is 38.8 Å². The first-order valence-corrected chi connectivity index (χ1v) is 5.77. The van der Waals surface area contributed by atoms with E-state index in [4.69, 9.17) is 0 Å². The van der Waals surface area contributed by atoms with Crippen LogP contribution in [0.2, 0.25) is 0 Å². The van der Waals surface area contributed by atoms with E-state index in [1.807, 2.05) is 12.3 Å². The Balaban J connectivity index is 2.50. The Labute approximate surface area is 89.2 Å². The van der Waals surface area contributed by atoms with Gasteiger partial charge in [0.2, 0.25) is 0 Å². The highest BCUT2D eigenvalue weighted by molar-refractivity contribution is 7.09. The van der Waals surface area contributed by atoms with E-state index in [0.29, 0.717) is 6.54 Å². The minimum absolute atomic E-state index is 0.148. The summed E-state index contributed by atoms with van der Waals surface area (Å²) >= 11 is 1.63. The zero-order valence-electron chi connectivity index (χ0n) is 8.95. The molecule has 80 valence electrons. The van der Waals surface area contributed by atoms with Gasteiger partial charge in [0.25, 0.3) is 0 Å². The molecule has 4 heteroatoms. The van der Waals surface area contributed by atoms with Crippen LogP contribution >= 0.6 is 11.3 Å². The first kappa shape index (κ1) is 11.6. The summed E-state index contributed by atoms with van der Waals surface area (Å²) in [5.41, 5.74) is -0.148. The molecule has 0 bridgehead atoms. The van der Waals surface area contributed by atoms with Crippen molar-refractivity contribution in [2.75, 3.05) is 6.54 Å². The smallest absolute Gasteiger partial charge is 0.112 e. The Bertz CT molecular complexity index is 259. The summed E-state index contributed by atoms with van der Waals surface area (Å²) in [6, 6.07) is 0. The molecule has 14 heavy (non-hydrogen) atoms. The van der Waals surface area contributed by atoms with Crippen LogP contribution in [0.1, 0.15) is 32.2 Å². The lowest BCUT2D eigenvalue weighted by Crippen LogP contribution is -2.40. The second-order valence-electron chi connectivity index (χ2n) is 3.91. The van der Waals surface area contributed by atoms with Crippen LogP contribution in [-0.2, 0) is 5.54 Å². The highest BCUT2D eigenvalue weighted by Crippen LogP contribution is 2.21. The van der Waals surface area contributed by atoms with Crippen LogP contribution in [0.4, 0.5) is 0 Å². The highest BCUT2D eigenvalue weighted by atomic mass is 32.1. The molecule has 1 heterocycles. The van der Waals surface area contributed by atoms with Gasteiger partial charge >= 0.3 is 0 Å². The first-order chi connectivity index (χ1) is 6.56. The van der Waals surface area contributed by atoms with Crippen LogP contribution in [0.3, 0.4) is 0 Å². The van der Waals surface area contributed by atoms with E-state index < -0.39 is 0 Å². The number of hydrogen-bond donors (Lipinski definition) is 2. The van der Waals surface area contributed by atoms with Crippen molar-refractivity contribution >= 4 is 11.3 Å². The number of aliphatic hydroxyl groups excluding tert-OH is 1. The first-order valence-electron chi connectivity index (χ1n) is 4.89. The van der Waals surface area contributed by atoms with Crippen LogP contribution in [0, 0.1) is 0 Å². The SMILES string of the molecule is CC[C@@H](O)CNC(C)(C)c1nccs1. The summed E-state index contributed by atoms with van der Waals surface area (Å²) < 4.78 is 0. The van der Waals surface area contributed by atoms with Crippen LogP contribution in [0.25, 0.3) is 0 Å². The van der Waals surface area contributed by atoms with Crippen molar-refractivity contribution in [2.24, 2.45) is 0 Å². The minimum Gasteiger partial charge on any atom is -0.392 e. The molecule has 0 saturated carbocycles. The van der Waals surface area contributed by atoms with Gasteiger partial charge in [-0.15, -0.1) is 11.3 Å². The summed E-state index contributed by atoms with van der Waals surface area (Å²) in [4.78, 5) is 4.27. The number of nitrogens with zero attached hydrogens (tertiary/aromatic N) is 1. The van der Waals surface area contributed by atoms with Crippen LogP contribution in [0.5, 0.6) is 0 Å². The topological polar surface area (TPSA) is 45.1 Å². The second kappa shape index (κ2) is 4.87. The summed E-state index contributed by atoms with van der Waals surface area (Å²) in [6.07, 6.45) is 2.31. The molecular formula is C10H18N2OS. The maximum absolute atomic E-state index is 9.44. The quantitative estimate of drug-likeness (QED) is 0.784. The second-order valence-corrected chi connectivity index (χ2v) is 4.80. The van der Waals surface area contributed by atoms with Crippen LogP contribution in [0.15, 0.2) is 11.6 Å². The summed E-state index contributed by atoms with van der Waals surface area (Å²) in [6.45, 7) is 6.74. The molecule has 0 radical (unpaired) electrons. The molecule has 1 aromatic heterocycles. The van der Waals surface area contributed by atoms with Crippen molar-refractivity contribution in [1.82, 2.24) is 10.3 Å². The van der Waals surface area contributed by atoms with Gasteiger partial charge in [0.1, 0.15) is 5.01 Å². The van der Waals surface area contributed by atoms with Crippen LogP contribution in [-0.4, -0.2) is 22.7 Å². The average Bonchev–Trinajstić information content (AvgIpc) is 2.67. The Morgan fingerprint density at radius 1 is 1.64 bits per heavy atom. The lowest BCUT2D eigenvalue weighted by Gasteiger charge is -2.25. The van der Waals surface area contributed by atoms with E-state index >= 15 is 0 Å². The van der Waals surface area contributed by atoms with Crippen molar-refractivity contribution < 1.29 is 5.11 Å². The molecule has 0 aliphatic carbocycles. The molecule has 0 amide bonds. The van der Waals surface area contributed by atoms with E-state index in [9.17, 15) is 5.11 Å². The number of nitrogens with one attached hydrogen (secondary N) is 1. The van der Waals surface area contributed by atoms with Crippen molar-refractivity contribution in [3.8, 4) is 0 Å². The van der Waals surface area contributed by atoms with Crippen molar-refractivity contribution in [1.29, 1.82) is 0 Å². The molecule has 3 nitrogen and oxygen atoms in total.